The van der Waals surface area contributed by atoms with Crippen LogP contribution in [0, 0.1) is 0 Å². The molecule has 0 bridgehead atoms. The first-order valence-corrected chi connectivity index (χ1v) is 9.64. The Morgan fingerprint density at radius 2 is 1.67 bits per heavy atom. The summed E-state index contributed by atoms with van der Waals surface area (Å²) < 4.78 is 39.2. The molecule has 0 spiro atoms. The van der Waals surface area contributed by atoms with Crippen molar-refractivity contribution >= 4 is 15.9 Å². The zero-order chi connectivity index (χ0) is 17.3. The summed E-state index contributed by atoms with van der Waals surface area (Å²) in [5, 5.41) is 0. The van der Waals surface area contributed by atoms with Crippen molar-refractivity contribution in [2.45, 2.75) is 43.4 Å². The van der Waals surface area contributed by atoms with Crippen molar-refractivity contribution < 1.29 is 22.1 Å². The maximum Gasteiger partial charge on any atom is 0.339 e. The van der Waals surface area contributed by atoms with Gasteiger partial charge in [0.2, 0.25) is 0 Å². The standard InChI is InChI=1S/C18H24O5S/c1-2-21-13-9-5-3-4-6-10-14-22-17-15-23-24(19,20)18-12-8-7-11-16(17)18/h2,7-8,11-12,15H,1,3-6,9-10,13-14H2. The zero-order valence-electron chi connectivity index (χ0n) is 13.8. The third kappa shape index (κ3) is 5.30. The van der Waals surface area contributed by atoms with Gasteiger partial charge in [-0.1, -0.05) is 44.4 Å². The number of hydrogen-bond acceptors (Lipinski definition) is 5. The van der Waals surface area contributed by atoms with Crippen molar-refractivity contribution in [3.05, 3.63) is 48.9 Å². The van der Waals surface area contributed by atoms with Gasteiger partial charge in [0, 0.05) is 5.56 Å². The summed E-state index contributed by atoms with van der Waals surface area (Å²) in [7, 11) is -3.70. The Hall–Kier alpha value is -1.95. The minimum Gasteiger partial charge on any atom is -0.502 e. The average molecular weight is 352 g/mol. The Labute approximate surface area is 144 Å². The van der Waals surface area contributed by atoms with E-state index in [9.17, 15) is 8.42 Å². The Bertz CT molecular complexity index is 664. The van der Waals surface area contributed by atoms with E-state index in [1.807, 2.05) is 0 Å². The lowest BCUT2D eigenvalue weighted by molar-refractivity contribution is 0.240. The molecule has 0 radical (unpaired) electrons. The van der Waals surface area contributed by atoms with Crippen LogP contribution in [0.4, 0.5) is 0 Å². The fourth-order valence-electron chi connectivity index (χ4n) is 2.48. The van der Waals surface area contributed by atoms with Gasteiger partial charge in [-0.2, -0.15) is 8.42 Å². The molecule has 5 nitrogen and oxygen atoms in total. The summed E-state index contributed by atoms with van der Waals surface area (Å²) in [6.07, 6.45) is 9.19. The van der Waals surface area contributed by atoms with Crippen molar-refractivity contribution in [3.63, 3.8) is 0 Å². The highest BCUT2D eigenvalue weighted by Crippen LogP contribution is 2.30. The molecule has 0 fully saturated rings. The molecule has 1 aliphatic rings. The molecule has 1 aromatic rings. The van der Waals surface area contributed by atoms with E-state index in [1.54, 1.807) is 18.2 Å². The quantitative estimate of drug-likeness (QED) is 0.339. The molecule has 0 amide bonds. The van der Waals surface area contributed by atoms with Crippen LogP contribution in [0.3, 0.4) is 0 Å². The second-order valence-corrected chi connectivity index (χ2v) is 7.08. The number of fused-ring (bicyclic) bond motifs is 1. The molecule has 1 aliphatic heterocycles. The Kier molecular flexibility index (Phi) is 7.18. The van der Waals surface area contributed by atoms with E-state index in [0.29, 0.717) is 17.9 Å². The van der Waals surface area contributed by atoms with Gasteiger partial charge in [0.1, 0.15) is 11.2 Å². The van der Waals surface area contributed by atoms with Gasteiger partial charge in [0.05, 0.1) is 19.5 Å². The van der Waals surface area contributed by atoms with Crippen LogP contribution in [0.1, 0.15) is 44.1 Å². The van der Waals surface area contributed by atoms with Gasteiger partial charge >= 0.3 is 10.1 Å². The third-order valence-electron chi connectivity index (χ3n) is 3.74. The van der Waals surface area contributed by atoms with Gasteiger partial charge in [-0.25, -0.2) is 0 Å². The van der Waals surface area contributed by atoms with Crippen LogP contribution in [-0.2, 0) is 23.8 Å². The largest absolute Gasteiger partial charge is 0.502 e. The lowest BCUT2D eigenvalue weighted by Crippen LogP contribution is -2.12. The minimum atomic E-state index is -3.70. The smallest absolute Gasteiger partial charge is 0.339 e. The predicted molar refractivity (Wildman–Crippen MR) is 92.5 cm³/mol. The SMILES string of the molecule is C=COCCCCCCCCOC1=COS(=O)(=O)c2ccccc21. The summed E-state index contributed by atoms with van der Waals surface area (Å²) in [5.41, 5.74) is 0.561. The summed E-state index contributed by atoms with van der Waals surface area (Å²) >= 11 is 0. The van der Waals surface area contributed by atoms with Crippen LogP contribution in [0.25, 0.3) is 5.76 Å². The van der Waals surface area contributed by atoms with Crippen LogP contribution in [-0.4, -0.2) is 21.6 Å². The number of benzene rings is 1. The van der Waals surface area contributed by atoms with Crippen LogP contribution in [0.15, 0.2) is 48.3 Å². The molecule has 1 aromatic carbocycles. The van der Waals surface area contributed by atoms with E-state index in [4.69, 9.17) is 13.7 Å². The van der Waals surface area contributed by atoms with Crippen LogP contribution >= 0.6 is 0 Å². The summed E-state index contributed by atoms with van der Waals surface area (Å²) in [4.78, 5) is 0.157. The summed E-state index contributed by atoms with van der Waals surface area (Å²) in [6.45, 7) is 4.79. The zero-order valence-corrected chi connectivity index (χ0v) is 14.6. The van der Waals surface area contributed by atoms with E-state index >= 15 is 0 Å². The molecule has 0 atom stereocenters. The Morgan fingerprint density at radius 3 is 2.42 bits per heavy atom. The van der Waals surface area contributed by atoms with Crippen molar-refractivity contribution in [1.82, 2.24) is 0 Å². The molecule has 132 valence electrons. The molecule has 1 heterocycles. The van der Waals surface area contributed by atoms with Crippen molar-refractivity contribution in [3.8, 4) is 0 Å². The highest BCUT2D eigenvalue weighted by Gasteiger charge is 2.26. The molecule has 0 saturated heterocycles. The van der Waals surface area contributed by atoms with E-state index < -0.39 is 10.1 Å². The molecule has 0 saturated carbocycles. The molecule has 24 heavy (non-hydrogen) atoms. The first kappa shape index (κ1) is 18.4. The monoisotopic (exact) mass is 352 g/mol. The maximum absolute atomic E-state index is 11.8. The maximum atomic E-state index is 11.8. The van der Waals surface area contributed by atoms with E-state index in [2.05, 4.69) is 6.58 Å². The van der Waals surface area contributed by atoms with Crippen LogP contribution < -0.4 is 0 Å². The fourth-order valence-corrected chi connectivity index (χ4v) is 3.48. The number of ether oxygens (including phenoxy) is 2. The first-order chi connectivity index (χ1) is 11.6. The average Bonchev–Trinajstić information content (AvgIpc) is 2.58. The number of rotatable bonds is 11. The fraction of sp³-hybridized carbons (Fsp3) is 0.444. The summed E-state index contributed by atoms with van der Waals surface area (Å²) in [6, 6.07) is 6.71. The van der Waals surface area contributed by atoms with Crippen LogP contribution in [0.2, 0.25) is 0 Å². The predicted octanol–water partition coefficient (Wildman–Crippen LogP) is 4.22. The highest BCUT2D eigenvalue weighted by atomic mass is 32.2. The Morgan fingerprint density at radius 1 is 1.00 bits per heavy atom. The molecule has 0 aliphatic carbocycles. The molecule has 2 rings (SSSR count). The first-order valence-electron chi connectivity index (χ1n) is 8.23. The normalized spacial score (nSPS) is 14.9. The van der Waals surface area contributed by atoms with Gasteiger partial charge in [-0.15, -0.1) is 0 Å². The van der Waals surface area contributed by atoms with Gasteiger partial charge < -0.3 is 13.7 Å². The van der Waals surface area contributed by atoms with E-state index in [0.717, 1.165) is 38.7 Å². The highest BCUT2D eigenvalue weighted by molar-refractivity contribution is 7.87. The molecule has 6 heteroatoms. The lowest BCUT2D eigenvalue weighted by Gasteiger charge is -2.18. The molecule has 0 unspecified atom stereocenters. The molecule has 0 N–H and O–H groups in total. The molecular formula is C18H24O5S. The topological polar surface area (TPSA) is 61.8 Å². The number of hydrogen-bond donors (Lipinski definition) is 0. The van der Waals surface area contributed by atoms with Crippen molar-refractivity contribution in [1.29, 1.82) is 0 Å². The van der Waals surface area contributed by atoms with Gasteiger partial charge in [-0.3, -0.25) is 0 Å². The van der Waals surface area contributed by atoms with Crippen molar-refractivity contribution in [2.24, 2.45) is 0 Å². The van der Waals surface area contributed by atoms with E-state index in [1.165, 1.54) is 25.0 Å². The molecular weight excluding hydrogens is 328 g/mol. The van der Waals surface area contributed by atoms with Crippen LogP contribution in [0.5, 0.6) is 0 Å². The van der Waals surface area contributed by atoms with Gasteiger partial charge in [-0.05, 0) is 25.0 Å². The van der Waals surface area contributed by atoms with Crippen molar-refractivity contribution in [2.75, 3.05) is 13.2 Å². The van der Waals surface area contributed by atoms with E-state index in [-0.39, 0.29) is 4.90 Å². The van der Waals surface area contributed by atoms with Gasteiger partial charge in [0.25, 0.3) is 0 Å². The Balaban J connectivity index is 1.67. The second kappa shape index (κ2) is 9.37. The third-order valence-corrected chi connectivity index (χ3v) is 4.98. The lowest BCUT2D eigenvalue weighted by atomic mass is 10.1. The van der Waals surface area contributed by atoms with Gasteiger partial charge in [0.15, 0.2) is 5.76 Å². The minimum absolute atomic E-state index is 0.157. The molecule has 0 aromatic heterocycles. The number of unbranched alkanes of at least 4 members (excludes halogenated alkanes) is 5. The summed E-state index contributed by atoms with van der Waals surface area (Å²) in [5.74, 6) is 0.474. The second-order valence-electron chi connectivity index (χ2n) is 5.54.